The van der Waals surface area contributed by atoms with Crippen molar-refractivity contribution in [2.24, 2.45) is 0 Å². The molecular weight excluding hydrogens is 509 g/mol. The van der Waals surface area contributed by atoms with Crippen molar-refractivity contribution in [1.29, 1.82) is 0 Å². The number of piperidine rings is 1. The van der Waals surface area contributed by atoms with Crippen molar-refractivity contribution in [2.75, 3.05) is 67.8 Å². The van der Waals surface area contributed by atoms with Gasteiger partial charge in [-0.05, 0) is 62.8 Å². The second kappa shape index (κ2) is 11.2. The predicted molar refractivity (Wildman–Crippen MR) is 153 cm³/mol. The van der Waals surface area contributed by atoms with Gasteiger partial charge in [0.05, 0.1) is 18.5 Å². The third-order valence-electron chi connectivity index (χ3n) is 7.17. The number of ether oxygens (including phenoxy) is 1. The van der Waals surface area contributed by atoms with Crippen LogP contribution in [-0.4, -0.2) is 68.5 Å². The Hall–Kier alpha value is -2.94. The van der Waals surface area contributed by atoms with Gasteiger partial charge in [0, 0.05) is 66.6 Å². The summed E-state index contributed by atoms with van der Waals surface area (Å²) in [5, 5.41) is 16.9. The minimum atomic E-state index is 0.627. The van der Waals surface area contributed by atoms with Gasteiger partial charge in [-0.15, -0.1) is 10.2 Å². The lowest BCUT2D eigenvalue weighted by Gasteiger charge is -2.36. The van der Waals surface area contributed by atoms with Crippen molar-refractivity contribution in [3.8, 4) is 5.75 Å². The third kappa shape index (κ3) is 5.81. The van der Waals surface area contributed by atoms with Gasteiger partial charge in [-0.2, -0.15) is 0 Å². The van der Waals surface area contributed by atoms with Crippen LogP contribution < -0.4 is 25.2 Å². The number of aromatic nitrogens is 2. The summed E-state index contributed by atoms with van der Waals surface area (Å²) in [6, 6.07) is 14.5. The van der Waals surface area contributed by atoms with Gasteiger partial charge >= 0.3 is 0 Å². The lowest BCUT2D eigenvalue weighted by Crippen LogP contribution is -2.41. The molecule has 0 radical (unpaired) electrons. The topological polar surface area (TPSA) is 68.8 Å². The summed E-state index contributed by atoms with van der Waals surface area (Å²) >= 11 is 12.7. The van der Waals surface area contributed by atoms with E-state index in [2.05, 4.69) is 67.8 Å². The number of anilines is 5. The van der Waals surface area contributed by atoms with Crippen molar-refractivity contribution in [1.82, 2.24) is 15.1 Å². The standard InChI is InChI=1S/C27H33Cl2N7O/c1-34(2)20-8-11-35(12-9-20)21-5-7-23(25(15-21)37-3)31-26-16-24-27(33-32-26)30-10-13-36(24)17-18-14-19(28)4-6-22(18)29/h4-7,14-16,20H,8-13,17H2,1-3H3,(H,30,33)(H,31,32). The number of hydrogen-bond donors (Lipinski definition) is 2. The second-order valence-corrected chi connectivity index (χ2v) is 10.6. The Kier molecular flexibility index (Phi) is 7.79. The minimum Gasteiger partial charge on any atom is -0.494 e. The quantitative estimate of drug-likeness (QED) is 0.406. The SMILES string of the molecule is COc1cc(N2CCC(N(C)C)CC2)ccc1Nc1cc2c(nn1)NCCN2Cc1cc(Cl)ccc1Cl. The van der Waals surface area contributed by atoms with Crippen molar-refractivity contribution < 1.29 is 4.74 Å². The van der Waals surface area contributed by atoms with Crippen molar-refractivity contribution in [3.63, 3.8) is 0 Å². The maximum absolute atomic E-state index is 6.44. The first-order valence-electron chi connectivity index (χ1n) is 12.6. The van der Waals surface area contributed by atoms with E-state index in [1.54, 1.807) is 13.2 Å². The highest BCUT2D eigenvalue weighted by molar-refractivity contribution is 6.33. The van der Waals surface area contributed by atoms with Crippen LogP contribution in [0, 0.1) is 0 Å². The van der Waals surface area contributed by atoms with E-state index in [1.165, 1.54) is 5.69 Å². The van der Waals surface area contributed by atoms with Gasteiger partial charge in [0.2, 0.25) is 0 Å². The summed E-state index contributed by atoms with van der Waals surface area (Å²) in [5.41, 5.74) is 3.95. The largest absolute Gasteiger partial charge is 0.494 e. The molecule has 2 aromatic carbocycles. The van der Waals surface area contributed by atoms with E-state index in [0.717, 1.165) is 67.5 Å². The van der Waals surface area contributed by atoms with Gasteiger partial charge in [0.25, 0.3) is 0 Å². The van der Waals surface area contributed by atoms with Crippen LogP contribution in [0.15, 0.2) is 42.5 Å². The number of benzene rings is 2. The molecule has 10 heteroatoms. The Morgan fingerprint density at radius 1 is 1.05 bits per heavy atom. The molecule has 2 aliphatic rings. The smallest absolute Gasteiger partial charge is 0.172 e. The van der Waals surface area contributed by atoms with Crippen LogP contribution in [0.5, 0.6) is 5.75 Å². The molecule has 5 rings (SSSR count). The molecule has 1 saturated heterocycles. The zero-order chi connectivity index (χ0) is 25.9. The van der Waals surface area contributed by atoms with Gasteiger partial charge in [-0.3, -0.25) is 0 Å². The monoisotopic (exact) mass is 541 g/mol. The summed E-state index contributed by atoms with van der Waals surface area (Å²) in [6.07, 6.45) is 2.32. The molecule has 0 bridgehead atoms. The molecule has 2 N–H and O–H groups in total. The highest BCUT2D eigenvalue weighted by Crippen LogP contribution is 2.36. The molecule has 0 amide bonds. The van der Waals surface area contributed by atoms with Gasteiger partial charge in [0.15, 0.2) is 11.6 Å². The summed E-state index contributed by atoms with van der Waals surface area (Å²) in [4.78, 5) is 6.99. The summed E-state index contributed by atoms with van der Waals surface area (Å²) in [5.74, 6) is 2.16. The molecule has 3 aromatic rings. The van der Waals surface area contributed by atoms with Crippen LogP contribution in [0.2, 0.25) is 10.0 Å². The number of methoxy groups -OCH3 is 1. The molecule has 8 nitrogen and oxygen atoms in total. The molecule has 1 fully saturated rings. The zero-order valence-electron chi connectivity index (χ0n) is 21.5. The van der Waals surface area contributed by atoms with Gasteiger partial charge in [-0.1, -0.05) is 23.2 Å². The van der Waals surface area contributed by atoms with Crippen LogP contribution >= 0.6 is 23.2 Å². The number of rotatable bonds is 7. The lowest BCUT2D eigenvalue weighted by atomic mass is 10.0. The summed E-state index contributed by atoms with van der Waals surface area (Å²) in [7, 11) is 6.02. The lowest BCUT2D eigenvalue weighted by molar-refractivity contribution is 0.249. The number of halogens is 2. The molecule has 37 heavy (non-hydrogen) atoms. The number of fused-ring (bicyclic) bond motifs is 1. The molecule has 0 spiro atoms. The Labute approximate surface area is 228 Å². The molecule has 0 unspecified atom stereocenters. The first kappa shape index (κ1) is 25.7. The first-order chi connectivity index (χ1) is 17.9. The van der Waals surface area contributed by atoms with Crippen molar-refractivity contribution >= 4 is 51.9 Å². The van der Waals surface area contributed by atoms with E-state index < -0.39 is 0 Å². The van der Waals surface area contributed by atoms with E-state index in [-0.39, 0.29) is 0 Å². The van der Waals surface area contributed by atoms with E-state index in [9.17, 15) is 0 Å². The van der Waals surface area contributed by atoms with E-state index in [1.807, 2.05) is 18.2 Å². The second-order valence-electron chi connectivity index (χ2n) is 9.74. The fourth-order valence-corrected chi connectivity index (χ4v) is 5.40. The number of hydrogen-bond acceptors (Lipinski definition) is 8. The molecule has 0 saturated carbocycles. The summed E-state index contributed by atoms with van der Waals surface area (Å²) in [6.45, 7) is 4.28. The Balaban J connectivity index is 1.34. The van der Waals surface area contributed by atoms with Gasteiger partial charge in [0.1, 0.15) is 5.75 Å². The van der Waals surface area contributed by atoms with E-state index >= 15 is 0 Å². The Morgan fingerprint density at radius 3 is 2.62 bits per heavy atom. The molecule has 2 aliphatic heterocycles. The van der Waals surface area contributed by atoms with Crippen molar-refractivity contribution in [3.05, 3.63) is 58.1 Å². The van der Waals surface area contributed by atoms with Gasteiger partial charge < -0.3 is 30.1 Å². The van der Waals surface area contributed by atoms with Crippen LogP contribution in [-0.2, 0) is 6.54 Å². The molecule has 3 heterocycles. The average Bonchev–Trinajstić information content (AvgIpc) is 2.91. The fourth-order valence-electron chi connectivity index (χ4n) is 5.03. The van der Waals surface area contributed by atoms with Crippen molar-refractivity contribution in [2.45, 2.75) is 25.4 Å². The van der Waals surface area contributed by atoms with Crippen LogP contribution in [0.3, 0.4) is 0 Å². The number of nitrogens with one attached hydrogen (secondary N) is 2. The van der Waals surface area contributed by atoms with Gasteiger partial charge in [-0.25, -0.2) is 0 Å². The van der Waals surface area contributed by atoms with E-state index in [0.29, 0.717) is 28.4 Å². The van der Waals surface area contributed by atoms with E-state index in [4.69, 9.17) is 27.9 Å². The molecule has 196 valence electrons. The highest BCUT2D eigenvalue weighted by atomic mass is 35.5. The molecule has 1 aromatic heterocycles. The predicted octanol–water partition coefficient (Wildman–Crippen LogP) is 5.50. The Bertz CT molecular complexity index is 1250. The average molecular weight is 543 g/mol. The molecular formula is C27H33Cl2N7O. The molecule has 0 aliphatic carbocycles. The molecule has 0 atom stereocenters. The fraction of sp³-hybridized carbons (Fsp3) is 0.407. The number of nitrogens with zero attached hydrogens (tertiary/aromatic N) is 5. The van der Waals surface area contributed by atoms with Crippen LogP contribution in [0.1, 0.15) is 18.4 Å². The first-order valence-corrected chi connectivity index (χ1v) is 13.3. The minimum absolute atomic E-state index is 0.627. The Morgan fingerprint density at radius 2 is 1.86 bits per heavy atom. The highest BCUT2D eigenvalue weighted by Gasteiger charge is 2.23. The zero-order valence-corrected chi connectivity index (χ0v) is 23.0. The van der Waals surface area contributed by atoms with Crippen LogP contribution in [0.4, 0.5) is 28.7 Å². The maximum Gasteiger partial charge on any atom is 0.172 e. The third-order valence-corrected chi connectivity index (χ3v) is 7.77. The maximum atomic E-state index is 6.44. The normalized spacial score (nSPS) is 15.9. The van der Waals surface area contributed by atoms with Crippen LogP contribution in [0.25, 0.3) is 0 Å². The summed E-state index contributed by atoms with van der Waals surface area (Å²) < 4.78 is 5.75.